The van der Waals surface area contributed by atoms with Gasteiger partial charge in [-0.2, -0.15) is 0 Å². The van der Waals surface area contributed by atoms with E-state index in [0.29, 0.717) is 6.42 Å². The third-order valence-electron chi connectivity index (χ3n) is 3.98. The monoisotopic (exact) mass is 343 g/mol. The SMILES string of the molecule is O=C(Cc1ccc(Br)cc1)N[C@H]1CCCc2ccccc21. The maximum atomic E-state index is 12.3. The van der Waals surface area contributed by atoms with Gasteiger partial charge in [-0.25, -0.2) is 0 Å². The number of benzene rings is 2. The van der Waals surface area contributed by atoms with E-state index in [4.69, 9.17) is 0 Å². The predicted molar refractivity (Wildman–Crippen MR) is 88.1 cm³/mol. The van der Waals surface area contributed by atoms with E-state index in [1.807, 2.05) is 24.3 Å². The van der Waals surface area contributed by atoms with Crippen LogP contribution in [0.1, 0.15) is 35.6 Å². The average molecular weight is 344 g/mol. The number of nitrogens with one attached hydrogen (secondary N) is 1. The molecule has 21 heavy (non-hydrogen) atoms. The number of fused-ring (bicyclic) bond motifs is 1. The van der Waals surface area contributed by atoms with E-state index >= 15 is 0 Å². The molecule has 1 aliphatic carbocycles. The van der Waals surface area contributed by atoms with Crippen molar-refractivity contribution >= 4 is 21.8 Å². The molecule has 0 radical (unpaired) electrons. The van der Waals surface area contributed by atoms with Crippen molar-refractivity contribution in [3.05, 3.63) is 69.7 Å². The lowest BCUT2D eigenvalue weighted by Crippen LogP contribution is -2.32. The quantitative estimate of drug-likeness (QED) is 0.889. The fraction of sp³-hybridized carbons (Fsp3) is 0.278. The number of hydrogen-bond donors (Lipinski definition) is 1. The molecule has 1 N–H and O–H groups in total. The van der Waals surface area contributed by atoms with E-state index in [9.17, 15) is 4.79 Å². The van der Waals surface area contributed by atoms with Gasteiger partial charge in [0.25, 0.3) is 0 Å². The van der Waals surface area contributed by atoms with Crippen LogP contribution in [-0.2, 0) is 17.6 Å². The largest absolute Gasteiger partial charge is 0.349 e. The summed E-state index contributed by atoms with van der Waals surface area (Å²) >= 11 is 3.41. The van der Waals surface area contributed by atoms with Gasteiger partial charge in [0.1, 0.15) is 0 Å². The van der Waals surface area contributed by atoms with Crippen LogP contribution in [0.3, 0.4) is 0 Å². The van der Waals surface area contributed by atoms with Gasteiger partial charge in [-0.3, -0.25) is 4.79 Å². The molecule has 0 bridgehead atoms. The summed E-state index contributed by atoms with van der Waals surface area (Å²) in [5.74, 6) is 0.0963. The Morgan fingerprint density at radius 1 is 1.14 bits per heavy atom. The second-order valence-electron chi connectivity index (χ2n) is 5.51. The molecule has 0 aromatic heterocycles. The number of rotatable bonds is 3. The molecule has 0 fully saturated rings. The molecule has 2 nitrogen and oxygen atoms in total. The van der Waals surface area contributed by atoms with Gasteiger partial charge in [0.15, 0.2) is 0 Å². The summed E-state index contributed by atoms with van der Waals surface area (Å²) in [5, 5.41) is 3.19. The summed E-state index contributed by atoms with van der Waals surface area (Å²) < 4.78 is 1.04. The van der Waals surface area contributed by atoms with Crippen molar-refractivity contribution < 1.29 is 4.79 Å². The lowest BCUT2D eigenvalue weighted by Gasteiger charge is -2.26. The van der Waals surface area contributed by atoms with E-state index in [-0.39, 0.29) is 11.9 Å². The van der Waals surface area contributed by atoms with Crippen molar-refractivity contribution in [1.82, 2.24) is 5.32 Å². The lowest BCUT2D eigenvalue weighted by atomic mass is 9.87. The van der Waals surface area contributed by atoms with E-state index in [1.165, 1.54) is 11.1 Å². The first-order valence-electron chi connectivity index (χ1n) is 7.34. The first-order valence-corrected chi connectivity index (χ1v) is 8.13. The molecular weight excluding hydrogens is 326 g/mol. The number of hydrogen-bond acceptors (Lipinski definition) is 1. The van der Waals surface area contributed by atoms with E-state index < -0.39 is 0 Å². The molecule has 0 saturated carbocycles. The second-order valence-corrected chi connectivity index (χ2v) is 6.43. The Hall–Kier alpha value is -1.61. The van der Waals surface area contributed by atoms with Crippen LogP contribution in [0.15, 0.2) is 53.0 Å². The zero-order valence-corrected chi connectivity index (χ0v) is 13.4. The van der Waals surface area contributed by atoms with Crippen LogP contribution >= 0.6 is 15.9 Å². The Kier molecular flexibility index (Phi) is 4.39. The normalized spacial score (nSPS) is 17.1. The Balaban J connectivity index is 1.67. The molecule has 0 spiro atoms. The van der Waals surface area contributed by atoms with E-state index in [0.717, 1.165) is 29.3 Å². The van der Waals surface area contributed by atoms with Crippen LogP contribution in [0.25, 0.3) is 0 Å². The van der Waals surface area contributed by atoms with Crippen LogP contribution in [0.5, 0.6) is 0 Å². The Labute approximate surface area is 133 Å². The molecule has 3 rings (SSSR count). The zero-order valence-electron chi connectivity index (χ0n) is 11.8. The third kappa shape index (κ3) is 3.53. The smallest absolute Gasteiger partial charge is 0.224 e. The number of aryl methyl sites for hydroxylation is 1. The van der Waals surface area contributed by atoms with Crippen molar-refractivity contribution in [3.8, 4) is 0 Å². The minimum Gasteiger partial charge on any atom is -0.349 e. The fourth-order valence-electron chi connectivity index (χ4n) is 2.94. The highest BCUT2D eigenvalue weighted by atomic mass is 79.9. The van der Waals surface area contributed by atoms with Crippen molar-refractivity contribution in [1.29, 1.82) is 0 Å². The first kappa shape index (κ1) is 14.3. The molecule has 1 amide bonds. The van der Waals surface area contributed by atoms with Crippen LogP contribution < -0.4 is 5.32 Å². The van der Waals surface area contributed by atoms with Gasteiger partial charge in [0.2, 0.25) is 5.91 Å². The number of carbonyl (C=O) groups excluding carboxylic acids is 1. The highest BCUT2D eigenvalue weighted by Gasteiger charge is 2.21. The van der Waals surface area contributed by atoms with Gasteiger partial charge in [-0.1, -0.05) is 52.3 Å². The highest BCUT2D eigenvalue weighted by Crippen LogP contribution is 2.29. The van der Waals surface area contributed by atoms with Crippen molar-refractivity contribution in [2.45, 2.75) is 31.7 Å². The Morgan fingerprint density at radius 2 is 1.90 bits per heavy atom. The standard InChI is InChI=1S/C18H18BrNO/c19-15-10-8-13(9-11-15)12-18(21)20-17-7-3-5-14-4-1-2-6-16(14)17/h1-2,4,6,8-11,17H,3,5,7,12H2,(H,20,21)/t17-/m0/s1. The molecule has 3 heteroatoms. The number of carbonyl (C=O) groups is 1. The van der Waals surface area contributed by atoms with Crippen molar-refractivity contribution in [2.24, 2.45) is 0 Å². The van der Waals surface area contributed by atoms with Crippen molar-refractivity contribution in [3.63, 3.8) is 0 Å². The van der Waals surface area contributed by atoms with Crippen LogP contribution in [0.2, 0.25) is 0 Å². The summed E-state index contributed by atoms with van der Waals surface area (Å²) in [7, 11) is 0. The van der Waals surface area contributed by atoms with Crippen LogP contribution in [0, 0.1) is 0 Å². The molecule has 0 saturated heterocycles. The molecular formula is C18H18BrNO. The molecule has 1 aliphatic rings. The minimum absolute atomic E-state index is 0.0963. The van der Waals surface area contributed by atoms with Crippen LogP contribution in [-0.4, -0.2) is 5.91 Å². The summed E-state index contributed by atoms with van der Waals surface area (Å²) in [5.41, 5.74) is 3.70. The van der Waals surface area contributed by atoms with Gasteiger partial charge in [0, 0.05) is 4.47 Å². The highest BCUT2D eigenvalue weighted by molar-refractivity contribution is 9.10. The number of halogens is 1. The minimum atomic E-state index is 0.0963. The van der Waals surface area contributed by atoms with Crippen LogP contribution in [0.4, 0.5) is 0 Å². The summed E-state index contributed by atoms with van der Waals surface area (Å²) in [6.07, 6.45) is 3.73. The fourth-order valence-corrected chi connectivity index (χ4v) is 3.20. The van der Waals surface area contributed by atoms with Gasteiger partial charge in [-0.05, 0) is 48.1 Å². The third-order valence-corrected chi connectivity index (χ3v) is 4.51. The summed E-state index contributed by atoms with van der Waals surface area (Å²) in [4.78, 5) is 12.3. The van der Waals surface area contributed by atoms with E-state index in [1.54, 1.807) is 0 Å². The average Bonchev–Trinajstić information content (AvgIpc) is 2.50. The molecule has 0 aliphatic heterocycles. The molecule has 0 heterocycles. The first-order chi connectivity index (χ1) is 10.2. The zero-order chi connectivity index (χ0) is 14.7. The van der Waals surface area contributed by atoms with Gasteiger partial charge in [-0.15, -0.1) is 0 Å². The maximum absolute atomic E-state index is 12.3. The van der Waals surface area contributed by atoms with Gasteiger partial charge in [0.05, 0.1) is 12.5 Å². The summed E-state index contributed by atoms with van der Waals surface area (Å²) in [6, 6.07) is 16.5. The number of amides is 1. The molecule has 0 unspecified atom stereocenters. The lowest BCUT2D eigenvalue weighted by molar-refractivity contribution is -0.121. The predicted octanol–water partition coefficient (Wildman–Crippen LogP) is 4.19. The molecule has 2 aromatic carbocycles. The second kappa shape index (κ2) is 6.44. The Morgan fingerprint density at radius 3 is 2.71 bits per heavy atom. The topological polar surface area (TPSA) is 29.1 Å². The Bertz CT molecular complexity index is 636. The molecule has 1 atom stereocenters. The van der Waals surface area contributed by atoms with Gasteiger partial charge < -0.3 is 5.32 Å². The van der Waals surface area contributed by atoms with Gasteiger partial charge >= 0.3 is 0 Å². The van der Waals surface area contributed by atoms with Crippen molar-refractivity contribution in [2.75, 3.05) is 0 Å². The molecule has 108 valence electrons. The summed E-state index contributed by atoms with van der Waals surface area (Å²) in [6.45, 7) is 0. The maximum Gasteiger partial charge on any atom is 0.224 e. The van der Waals surface area contributed by atoms with E-state index in [2.05, 4.69) is 45.5 Å². The molecule has 2 aromatic rings.